The molecule has 0 bridgehead atoms. The zero-order valence-corrected chi connectivity index (χ0v) is 15.4. The summed E-state index contributed by atoms with van der Waals surface area (Å²) in [4.78, 5) is 5.01. The Kier molecular flexibility index (Phi) is 4.74. The molecular formula is C16H13ClF3IN2O. The molecule has 1 unspecified atom stereocenters. The third kappa shape index (κ3) is 3.11. The van der Waals surface area contributed by atoms with Crippen LogP contribution in [0, 0.1) is 0 Å². The van der Waals surface area contributed by atoms with Gasteiger partial charge in [0.1, 0.15) is 0 Å². The third-order valence-corrected chi connectivity index (χ3v) is 6.31. The fraction of sp³-hybridized carbons (Fsp3) is 0.250. The molecule has 8 heteroatoms. The van der Waals surface area contributed by atoms with Crippen molar-refractivity contribution in [3.8, 4) is 0 Å². The highest BCUT2D eigenvalue weighted by Crippen LogP contribution is 2.50. The van der Waals surface area contributed by atoms with E-state index < -0.39 is 32.5 Å². The predicted molar refractivity (Wildman–Crippen MR) is 97.6 cm³/mol. The SMILES string of the molecule is CNC1=CC=IC(C2=NOC(c3cccc(Cl)c3)(C(F)(F)F)C2)=C1. The van der Waals surface area contributed by atoms with Gasteiger partial charge >= 0.3 is 6.18 Å². The number of nitrogens with one attached hydrogen (secondary N) is 1. The molecule has 3 rings (SSSR count). The molecule has 0 amide bonds. The molecule has 0 saturated carbocycles. The molecule has 2 aliphatic heterocycles. The maximum Gasteiger partial charge on any atom is 0.435 e. The summed E-state index contributed by atoms with van der Waals surface area (Å²) in [7, 11) is 1.76. The minimum absolute atomic E-state index is 0.0378. The number of halogens is 5. The van der Waals surface area contributed by atoms with Crippen molar-refractivity contribution in [2.75, 3.05) is 7.05 Å². The molecule has 128 valence electrons. The molecule has 0 radical (unpaired) electrons. The highest BCUT2D eigenvalue weighted by molar-refractivity contribution is 14.2. The maximum absolute atomic E-state index is 13.8. The minimum atomic E-state index is -4.61. The summed E-state index contributed by atoms with van der Waals surface area (Å²) in [6.07, 6.45) is -1.21. The predicted octanol–water partition coefficient (Wildman–Crippen LogP) is 4.65. The molecule has 0 aliphatic carbocycles. The Labute approximate surface area is 151 Å². The van der Waals surface area contributed by atoms with Crippen LogP contribution in [0.25, 0.3) is 0 Å². The van der Waals surface area contributed by atoms with Gasteiger partial charge in [0.2, 0.25) is 0 Å². The molecular weight excluding hydrogens is 456 g/mol. The van der Waals surface area contributed by atoms with Crippen LogP contribution in [0.3, 0.4) is 0 Å². The van der Waals surface area contributed by atoms with Gasteiger partial charge < -0.3 is 10.2 Å². The van der Waals surface area contributed by atoms with Crippen molar-refractivity contribution in [3.05, 3.63) is 56.3 Å². The standard InChI is InChI=1S/C16H13ClF3IN2O/c1-22-12-5-6-21-13(8-12)14-9-15(24-23-14,16(18,19)20)10-3-2-4-11(17)7-10/h2-8,22H,9H2,1H3. The molecule has 1 aromatic rings. The summed E-state index contributed by atoms with van der Waals surface area (Å²) in [6.45, 7) is 0. The van der Waals surface area contributed by atoms with Gasteiger partial charge in [-0.1, -0.05) is 49.6 Å². The van der Waals surface area contributed by atoms with E-state index in [0.717, 1.165) is 9.28 Å². The first-order valence-corrected chi connectivity index (χ1v) is 9.70. The van der Waals surface area contributed by atoms with Crippen LogP contribution >= 0.6 is 32.3 Å². The van der Waals surface area contributed by atoms with Gasteiger partial charge in [0.15, 0.2) is 0 Å². The van der Waals surface area contributed by atoms with Crippen LogP contribution < -0.4 is 5.32 Å². The number of rotatable bonds is 3. The summed E-state index contributed by atoms with van der Waals surface area (Å²) >= 11 is 5.33. The Balaban J connectivity index is 1.97. The minimum Gasteiger partial charge on any atom is -0.388 e. The molecule has 1 N–H and O–H groups in total. The normalized spacial score (nSPS) is 23.6. The van der Waals surface area contributed by atoms with E-state index in [4.69, 9.17) is 16.4 Å². The van der Waals surface area contributed by atoms with Crippen molar-refractivity contribution in [3.63, 3.8) is 0 Å². The van der Waals surface area contributed by atoms with Gasteiger partial charge in [0.25, 0.3) is 5.60 Å². The molecule has 2 heterocycles. The van der Waals surface area contributed by atoms with E-state index in [0.29, 0.717) is 5.71 Å². The summed E-state index contributed by atoms with van der Waals surface area (Å²) < 4.78 is 44.3. The second-order valence-corrected chi connectivity index (χ2v) is 8.18. The summed E-state index contributed by atoms with van der Waals surface area (Å²) in [5.74, 6) is 0. The van der Waals surface area contributed by atoms with Crippen LogP contribution in [-0.2, 0) is 10.4 Å². The lowest BCUT2D eigenvalue weighted by Crippen LogP contribution is -2.42. The zero-order chi connectivity index (χ0) is 17.4. The highest BCUT2D eigenvalue weighted by atomic mass is 127. The number of hydrogen-bond donors (Lipinski definition) is 1. The quantitative estimate of drug-likeness (QED) is 0.656. The van der Waals surface area contributed by atoms with Crippen LogP contribution in [0.4, 0.5) is 13.2 Å². The fourth-order valence-electron chi connectivity index (χ4n) is 2.46. The largest absolute Gasteiger partial charge is 0.435 e. The van der Waals surface area contributed by atoms with Gasteiger partial charge in [-0.15, -0.1) is 0 Å². The monoisotopic (exact) mass is 468 g/mol. The van der Waals surface area contributed by atoms with Gasteiger partial charge in [-0.25, -0.2) is 0 Å². The first-order chi connectivity index (χ1) is 11.4. The van der Waals surface area contributed by atoms with Crippen LogP contribution in [0.2, 0.25) is 5.02 Å². The van der Waals surface area contributed by atoms with Gasteiger partial charge in [0, 0.05) is 26.9 Å². The van der Waals surface area contributed by atoms with Crippen molar-refractivity contribution >= 4 is 42.1 Å². The van der Waals surface area contributed by atoms with Crippen LogP contribution in [-0.4, -0.2) is 22.9 Å². The van der Waals surface area contributed by atoms with Crippen LogP contribution in [0.1, 0.15) is 12.0 Å². The molecule has 0 fully saturated rings. The second-order valence-electron chi connectivity index (χ2n) is 5.24. The van der Waals surface area contributed by atoms with Gasteiger partial charge in [0.05, 0.1) is 12.1 Å². The van der Waals surface area contributed by atoms with Crippen LogP contribution in [0.5, 0.6) is 0 Å². The van der Waals surface area contributed by atoms with Gasteiger partial charge in [-0.3, -0.25) is 0 Å². The second kappa shape index (κ2) is 6.51. The van der Waals surface area contributed by atoms with E-state index in [2.05, 4.69) is 10.5 Å². The van der Waals surface area contributed by atoms with Crippen molar-refractivity contribution in [1.29, 1.82) is 0 Å². The maximum atomic E-state index is 13.8. The zero-order valence-electron chi connectivity index (χ0n) is 12.5. The Morgan fingerprint density at radius 1 is 1.38 bits per heavy atom. The molecule has 0 spiro atoms. The highest BCUT2D eigenvalue weighted by Gasteiger charge is 2.62. The molecule has 0 saturated heterocycles. The Bertz CT molecular complexity index is 786. The van der Waals surface area contributed by atoms with Gasteiger partial charge in [-0.05, 0) is 28.3 Å². The lowest BCUT2D eigenvalue weighted by Gasteiger charge is -2.29. The third-order valence-electron chi connectivity index (χ3n) is 3.75. The molecule has 2 aliphatic rings. The van der Waals surface area contributed by atoms with E-state index in [1.807, 2.05) is 16.2 Å². The summed E-state index contributed by atoms with van der Waals surface area (Å²) in [6, 6.07) is 5.66. The van der Waals surface area contributed by atoms with E-state index in [-0.39, 0.29) is 17.0 Å². The van der Waals surface area contributed by atoms with Crippen molar-refractivity contribution in [2.45, 2.75) is 18.2 Å². The number of nitrogens with zero attached hydrogens (tertiary/aromatic N) is 1. The first-order valence-electron chi connectivity index (χ1n) is 7.00. The van der Waals surface area contributed by atoms with Crippen molar-refractivity contribution in [2.24, 2.45) is 5.16 Å². The van der Waals surface area contributed by atoms with Crippen LogP contribution in [0.15, 0.2) is 50.9 Å². The molecule has 0 aromatic heterocycles. The Hall–Kier alpha value is -1.35. The van der Waals surface area contributed by atoms with Crippen molar-refractivity contribution in [1.82, 2.24) is 5.32 Å². The Morgan fingerprint density at radius 3 is 2.83 bits per heavy atom. The number of oxime groups is 1. The molecule has 1 aromatic carbocycles. The van der Waals surface area contributed by atoms with Crippen molar-refractivity contribution < 1.29 is 18.0 Å². The lowest BCUT2D eigenvalue weighted by molar-refractivity contribution is -0.275. The molecule has 24 heavy (non-hydrogen) atoms. The number of allylic oxidation sites excluding steroid dienone is 3. The smallest absolute Gasteiger partial charge is 0.388 e. The van der Waals surface area contributed by atoms with E-state index >= 15 is 0 Å². The van der Waals surface area contributed by atoms with Gasteiger partial charge in [-0.2, -0.15) is 13.2 Å². The first kappa shape index (κ1) is 17.5. The molecule has 3 nitrogen and oxygen atoms in total. The van der Waals surface area contributed by atoms with E-state index in [1.54, 1.807) is 7.05 Å². The van der Waals surface area contributed by atoms with E-state index in [1.165, 1.54) is 24.3 Å². The fourth-order valence-corrected chi connectivity index (χ4v) is 4.77. The van der Waals surface area contributed by atoms with E-state index in [9.17, 15) is 13.2 Å². The number of likely N-dealkylation sites (N-methyl/N-ethyl adjacent to an activating group) is 1. The number of benzene rings is 1. The number of hydrogen-bond acceptors (Lipinski definition) is 3. The summed E-state index contributed by atoms with van der Waals surface area (Å²) in [5, 5.41) is 7.00. The summed E-state index contributed by atoms with van der Waals surface area (Å²) in [5.41, 5.74) is -1.34. The average molecular weight is 469 g/mol. The molecule has 1 atom stereocenters. The topological polar surface area (TPSA) is 33.6 Å². The lowest BCUT2D eigenvalue weighted by atomic mass is 9.88. The average Bonchev–Trinajstić information content (AvgIpc) is 3.01. The number of alkyl halides is 3. The Morgan fingerprint density at radius 2 is 2.17 bits per heavy atom.